The molecule has 3 rings (SSSR count). The number of carbonyl (C=O) groups is 1. The van der Waals surface area contributed by atoms with Gasteiger partial charge in [-0.05, 0) is 61.2 Å². The maximum atomic E-state index is 12.1. The largest absolute Gasteiger partial charge is 0.493 e. The molecule has 0 saturated carbocycles. The maximum absolute atomic E-state index is 12.1. The Morgan fingerprint density at radius 3 is 2.47 bits per heavy atom. The number of nitrogens with one attached hydrogen (secondary N) is 1. The number of halogens is 4. The van der Waals surface area contributed by atoms with Crippen LogP contribution in [0, 0.1) is 0 Å². The van der Waals surface area contributed by atoms with Gasteiger partial charge >= 0.3 is 0 Å². The normalized spacial score (nSPS) is 10.9. The van der Waals surface area contributed by atoms with Crippen LogP contribution in [0.3, 0.4) is 0 Å². The molecule has 9 heteroatoms. The van der Waals surface area contributed by atoms with Gasteiger partial charge in [-0.15, -0.1) is 0 Å². The first-order chi connectivity index (χ1) is 15.4. The molecule has 0 heterocycles. The third kappa shape index (κ3) is 6.48. The van der Waals surface area contributed by atoms with Crippen LogP contribution in [0.15, 0.2) is 68.6 Å². The van der Waals surface area contributed by atoms with Crippen molar-refractivity contribution >= 4 is 67.2 Å². The molecule has 0 spiro atoms. The fourth-order valence-electron chi connectivity index (χ4n) is 2.76. The summed E-state index contributed by atoms with van der Waals surface area (Å²) in [6, 6.07) is 16.5. The molecule has 1 amide bonds. The second kappa shape index (κ2) is 11.7. The van der Waals surface area contributed by atoms with Crippen molar-refractivity contribution in [2.75, 3.05) is 7.11 Å². The predicted octanol–water partition coefficient (Wildman–Crippen LogP) is 6.80. The van der Waals surface area contributed by atoms with Crippen molar-refractivity contribution in [3.05, 3.63) is 90.3 Å². The number of methoxy groups -OCH3 is 1. The van der Waals surface area contributed by atoms with E-state index in [1.165, 1.54) is 6.21 Å². The average Bonchev–Trinajstić information content (AvgIpc) is 2.78. The Morgan fingerprint density at radius 2 is 1.78 bits per heavy atom. The van der Waals surface area contributed by atoms with Gasteiger partial charge in [-0.2, -0.15) is 5.10 Å². The monoisotopic (exact) mass is 598 g/mol. The number of hydrogen-bond acceptors (Lipinski definition) is 4. The first-order valence-electron chi connectivity index (χ1n) is 9.37. The highest BCUT2D eigenvalue weighted by Crippen LogP contribution is 2.42. The zero-order chi connectivity index (χ0) is 23.1. The van der Waals surface area contributed by atoms with Gasteiger partial charge < -0.3 is 9.47 Å². The lowest BCUT2D eigenvalue weighted by Gasteiger charge is -2.15. The van der Waals surface area contributed by atoms with Gasteiger partial charge in [0, 0.05) is 10.0 Å². The summed E-state index contributed by atoms with van der Waals surface area (Å²) in [6.07, 6.45) is 1.77. The van der Waals surface area contributed by atoms with Crippen molar-refractivity contribution in [1.29, 1.82) is 0 Å². The van der Waals surface area contributed by atoms with E-state index in [0.717, 1.165) is 11.1 Å². The van der Waals surface area contributed by atoms with E-state index in [-0.39, 0.29) is 18.9 Å². The molecule has 3 aromatic rings. The molecule has 0 unspecified atom stereocenters. The number of nitrogens with zero attached hydrogens (tertiary/aromatic N) is 1. The van der Waals surface area contributed by atoms with Crippen LogP contribution < -0.4 is 14.9 Å². The lowest BCUT2D eigenvalue weighted by molar-refractivity contribution is -0.120. The fourth-order valence-corrected chi connectivity index (χ4v) is 4.02. The van der Waals surface area contributed by atoms with E-state index in [9.17, 15) is 4.79 Å². The van der Waals surface area contributed by atoms with Gasteiger partial charge in [-0.3, -0.25) is 4.79 Å². The van der Waals surface area contributed by atoms with E-state index >= 15 is 0 Å². The molecule has 0 atom stereocenters. The van der Waals surface area contributed by atoms with Gasteiger partial charge in [-0.25, -0.2) is 5.43 Å². The minimum absolute atomic E-state index is 0.212. The summed E-state index contributed by atoms with van der Waals surface area (Å²) >= 11 is 19.1. The molecular weight excluding hydrogens is 583 g/mol. The summed E-state index contributed by atoms with van der Waals surface area (Å²) in [5, 5.41) is 5.00. The topological polar surface area (TPSA) is 59.9 Å². The molecule has 32 heavy (non-hydrogen) atoms. The molecular formula is C23H18Br2Cl2N2O3. The van der Waals surface area contributed by atoms with Crippen LogP contribution in [0.4, 0.5) is 0 Å². The van der Waals surface area contributed by atoms with Crippen LogP contribution in [0.2, 0.25) is 10.0 Å². The minimum Gasteiger partial charge on any atom is -0.493 e. The quantitative estimate of drug-likeness (QED) is 0.229. The minimum atomic E-state index is -0.212. The van der Waals surface area contributed by atoms with E-state index in [4.69, 9.17) is 32.7 Å². The number of carbonyl (C=O) groups excluding carboxylic acids is 1. The van der Waals surface area contributed by atoms with Crippen LogP contribution in [-0.4, -0.2) is 19.2 Å². The number of benzene rings is 3. The van der Waals surface area contributed by atoms with Crippen molar-refractivity contribution in [2.45, 2.75) is 13.0 Å². The second-order valence-corrected chi connectivity index (χ2v) is 9.02. The van der Waals surface area contributed by atoms with Gasteiger partial charge in [0.15, 0.2) is 11.5 Å². The van der Waals surface area contributed by atoms with Crippen molar-refractivity contribution < 1.29 is 14.3 Å². The van der Waals surface area contributed by atoms with Gasteiger partial charge in [0.2, 0.25) is 5.91 Å². The Hall–Kier alpha value is -2.06. The summed E-state index contributed by atoms with van der Waals surface area (Å²) in [4.78, 5) is 12.1. The molecule has 0 aliphatic carbocycles. The van der Waals surface area contributed by atoms with Crippen LogP contribution >= 0.6 is 55.1 Å². The highest BCUT2D eigenvalue weighted by atomic mass is 79.9. The van der Waals surface area contributed by atoms with Gasteiger partial charge in [0.1, 0.15) is 6.61 Å². The van der Waals surface area contributed by atoms with Gasteiger partial charge in [0.05, 0.1) is 34.3 Å². The molecule has 0 aromatic heterocycles. The Kier molecular flexibility index (Phi) is 8.99. The predicted molar refractivity (Wildman–Crippen MR) is 135 cm³/mol. The standard InChI is InChI=1S/C23H18Br2Cl2N2O3/c1-31-19-11-16(12-28-29-20(30)10-14-5-3-2-4-6-14)21(24)22(25)23(19)32-13-15-7-8-17(26)18(27)9-15/h2-9,11-12H,10,13H2,1H3,(H,29,30)/b28-12-. The molecule has 3 aromatic carbocycles. The Bertz CT molecular complexity index is 1140. The molecule has 5 nitrogen and oxygen atoms in total. The number of hydrazone groups is 1. The van der Waals surface area contributed by atoms with Crippen LogP contribution in [-0.2, 0) is 17.8 Å². The van der Waals surface area contributed by atoms with Crippen molar-refractivity contribution in [2.24, 2.45) is 5.10 Å². The molecule has 0 bridgehead atoms. The Labute approximate surface area is 213 Å². The van der Waals surface area contributed by atoms with Crippen LogP contribution in [0.25, 0.3) is 0 Å². The lowest BCUT2D eigenvalue weighted by atomic mass is 10.1. The third-order valence-corrected chi connectivity index (χ3v) is 7.23. The zero-order valence-electron chi connectivity index (χ0n) is 16.9. The summed E-state index contributed by atoms with van der Waals surface area (Å²) in [5.41, 5.74) is 4.99. The molecule has 0 aliphatic rings. The maximum Gasteiger partial charge on any atom is 0.244 e. The Morgan fingerprint density at radius 1 is 1.03 bits per heavy atom. The number of amides is 1. The van der Waals surface area contributed by atoms with E-state index in [1.807, 2.05) is 36.4 Å². The summed E-state index contributed by atoms with van der Waals surface area (Å²) in [7, 11) is 1.55. The smallest absolute Gasteiger partial charge is 0.244 e. The molecule has 166 valence electrons. The highest BCUT2D eigenvalue weighted by Gasteiger charge is 2.17. The molecule has 0 aliphatic heterocycles. The Balaban J connectivity index is 1.71. The lowest BCUT2D eigenvalue weighted by Crippen LogP contribution is -2.19. The number of hydrogen-bond donors (Lipinski definition) is 1. The summed E-state index contributed by atoms with van der Waals surface area (Å²) in [6.45, 7) is 0.265. The fraction of sp³-hybridized carbons (Fsp3) is 0.130. The van der Waals surface area contributed by atoms with Crippen molar-refractivity contribution in [1.82, 2.24) is 5.43 Å². The zero-order valence-corrected chi connectivity index (χ0v) is 21.6. The van der Waals surface area contributed by atoms with Gasteiger partial charge in [0.25, 0.3) is 0 Å². The molecule has 0 radical (unpaired) electrons. The average molecular weight is 601 g/mol. The number of rotatable bonds is 8. The first-order valence-corrected chi connectivity index (χ1v) is 11.7. The molecule has 1 N–H and O–H groups in total. The molecule has 0 saturated heterocycles. The third-order valence-electron chi connectivity index (χ3n) is 4.34. The highest BCUT2D eigenvalue weighted by molar-refractivity contribution is 9.13. The summed E-state index contributed by atoms with van der Waals surface area (Å²) < 4.78 is 12.8. The van der Waals surface area contributed by atoms with E-state index in [1.54, 1.807) is 25.3 Å². The van der Waals surface area contributed by atoms with Crippen molar-refractivity contribution in [3.63, 3.8) is 0 Å². The van der Waals surface area contributed by atoms with Crippen LogP contribution in [0.5, 0.6) is 11.5 Å². The van der Waals surface area contributed by atoms with Crippen molar-refractivity contribution in [3.8, 4) is 11.5 Å². The van der Waals surface area contributed by atoms with Gasteiger partial charge in [-0.1, -0.05) is 59.6 Å². The second-order valence-electron chi connectivity index (χ2n) is 6.62. The first kappa shape index (κ1) is 24.6. The summed E-state index contributed by atoms with van der Waals surface area (Å²) in [5.74, 6) is 0.795. The van der Waals surface area contributed by atoms with E-state index in [0.29, 0.717) is 36.1 Å². The van der Waals surface area contributed by atoms with E-state index in [2.05, 4.69) is 42.4 Å². The van der Waals surface area contributed by atoms with E-state index < -0.39 is 0 Å². The molecule has 0 fully saturated rings. The number of ether oxygens (including phenoxy) is 2. The SMILES string of the molecule is COc1cc(/C=N\NC(=O)Cc2ccccc2)c(Br)c(Br)c1OCc1ccc(Cl)c(Cl)c1. The van der Waals surface area contributed by atoms with Crippen LogP contribution in [0.1, 0.15) is 16.7 Å².